The van der Waals surface area contributed by atoms with E-state index in [9.17, 15) is 4.39 Å². The molecule has 1 aromatic carbocycles. The molecule has 2 aromatic rings. The van der Waals surface area contributed by atoms with E-state index in [1.165, 1.54) is 5.56 Å². The van der Waals surface area contributed by atoms with Gasteiger partial charge in [0.2, 0.25) is 0 Å². The van der Waals surface area contributed by atoms with E-state index in [4.69, 9.17) is 0 Å². The fourth-order valence-corrected chi connectivity index (χ4v) is 3.57. The van der Waals surface area contributed by atoms with Crippen LogP contribution in [0, 0.1) is 5.82 Å². The van der Waals surface area contributed by atoms with E-state index >= 15 is 0 Å². The minimum absolute atomic E-state index is 0.0774. The van der Waals surface area contributed by atoms with Crippen molar-refractivity contribution < 1.29 is 4.39 Å². The van der Waals surface area contributed by atoms with Gasteiger partial charge in [-0.15, -0.1) is 0 Å². The van der Waals surface area contributed by atoms with Crippen molar-refractivity contribution in [2.75, 3.05) is 13.1 Å². The van der Waals surface area contributed by atoms with Crippen molar-refractivity contribution in [2.24, 2.45) is 0 Å². The largest absolute Gasteiger partial charge is 0.316 e. The zero-order chi connectivity index (χ0) is 12.4. The summed E-state index contributed by atoms with van der Waals surface area (Å²) in [6.07, 6.45) is 1.08. The molecule has 0 aliphatic carbocycles. The minimum Gasteiger partial charge on any atom is -0.316 e. The van der Waals surface area contributed by atoms with Gasteiger partial charge in [-0.3, -0.25) is 0 Å². The SMILES string of the molecule is Fc1ccccc1C1CNCCC1c1ccsc1. The summed E-state index contributed by atoms with van der Waals surface area (Å²) in [7, 11) is 0. The third-order valence-corrected chi connectivity index (χ3v) is 4.46. The number of piperidine rings is 1. The fraction of sp³-hybridized carbons (Fsp3) is 0.333. The molecule has 3 heteroatoms. The van der Waals surface area contributed by atoms with E-state index in [2.05, 4.69) is 22.1 Å². The van der Waals surface area contributed by atoms with Crippen molar-refractivity contribution in [1.29, 1.82) is 0 Å². The second-order valence-electron chi connectivity index (χ2n) is 4.78. The smallest absolute Gasteiger partial charge is 0.126 e. The molecule has 2 unspecified atom stereocenters. The molecule has 1 nitrogen and oxygen atoms in total. The first-order valence-electron chi connectivity index (χ1n) is 6.33. The molecule has 0 spiro atoms. The average molecular weight is 261 g/mol. The van der Waals surface area contributed by atoms with Gasteiger partial charge in [-0.05, 0) is 52.9 Å². The Morgan fingerprint density at radius 1 is 1.17 bits per heavy atom. The molecule has 0 radical (unpaired) electrons. The minimum atomic E-state index is -0.0774. The Balaban J connectivity index is 1.95. The van der Waals surface area contributed by atoms with E-state index in [1.54, 1.807) is 23.5 Å². The number of benzene rings is 1. The summed E-state index contributed by atoms with van der Waals surface area (Å²) in [4.78, 5) is 0. The van der Waals surface area contributed by atoms with Crippen LogP contribution in [0.5, 0.6) is 0 Å². The van der Waals surface area contributed by atoms with Crippen LogP contribution in [-0.2, 0) is 0 Å². The number of halogens is 1. The first kappa shape index (κ1) is 11.9. The Hall–Kier alpha value is -1.19. The van der Waals surface area contributed by atoms with Gasteiger partial charge in [0.05, 0.1) is 0 Å². The second kappa shape index (κ2) is 5.21. The monoisotopic (exact) mass is 261 g/mol. The van der Waals surface area contributed by atoms with Crippen LogP contribution in [-0.4, -0.2) is 13.1 Å². The van der Waals surface area contributed by atoms with Crippen LogP contribution in [0.15, 0.2) is 41.1 Å². The van der Waals surface area contributed by atoms with Gasteiger partial charge in [0.25, 0.3) is 0 Å². The number of nitrogens with one attached hydrogen (secondary N) is 1. The molecular formula is C15H16FNS. The molecule has 1 aromatic heterocycles. The summed E-state index contributed by atoms with van der Waals surface area (Å²) in [5.41, 5.74) is 2.20. The van der Waals surface area contributed by atoms with E-state index in [-0.39, 0.29) is 11.7 Å². The molecule has 18 heavy (non-hydrogen) atoms. The molecule has 2 heterocycles. The molecule has 1 aliphatic rings. The Kier molecular flexibility index (Phi) is 3.43. The lowest BCUT2D eigenvalue weighted by atomic mass is 9.78. The summed E-state index contributed by atoms with van der Waals surface area (Å²) >= 11 is 1.72. The van der Waals surface area contributed by atoms with Gasteiger partial charge in [-0.2, -0.15) is 11.3 Å². The molecule has 1 saturated heterocycles. The van der Waals surface area contributed by atoms with E-state index in [0.29, 0.717) is 5.92 Å². The van der Waals surface area contributed by atoms with Gasteiger partial charge in [0.1, 0.15) is 5.82 Å². The summed E-state index contributed by atoms with van der Waals surface area (Å²) in [6.45, 7) is 1.88. The average Bonchev–Trinajstić information content (AvgIpc) is 2.93. The van der Waals surface area contributed by atoms with Crippen molar-refractivity contribution >= 4 is 11.3 Å². The predicted octanol–water partition coefficient (Wildman–Crippen LogP) is 3.75. The number of hydrogen-bond acceptors (Lipinski definition) is 2. The molecule has 0 amide bonds. The standard InChI is InChI=1S/C15H16FNS/c16-15-4-2-1-3-13(15)14-9-17-7-5-12(14)11-6-8-18-10-11/h1-4,6,8,10,12,14,17H,5,7,9H2. The van der Waals surface area contributed by atoms with Crippen LogP contribution >= 0.6 is 11.3 Å². The maximum atomic E-state index is 14.0. The molecule has 1 N–H and O–H groups in total. The first-order chi connectivity index (χ1) is 8.86. The summed E-state index contributed by atoms with van der Waals surface area (Å²) in [5.74, 6) is 0.607. The molecule has 1 fully saturated rings. The van der Waals surface area contributed by atoms with Gasteiger partial charge < -0.3 is 5.32 Å². The lowest BCUT2D eigenvalue weighted by molar-refractivity contribution is 0.394. The van der Waals surface area contributed by atoms with Crippen LogP contribution in [0.25, 0.3) is 0 Å². The fourth-order valence-electron chi connectivity index (χ4n) is 2.85. The van der Waals surface area contributed by atoms with Gasteiger partial charge in [-0.1, -0.05) is 18.2 Å². The van der Waals surface area contributed by atoms with Crippen molar-refractivity contribution in [3.8, 4) is 0 Å². The van der Waals surface area contributed by atoms with Gasteiger partial charge in [0, 0.05) is 12.5 Å². The van der Waals surface area contributed by atoms with Crippen molar-refractivity contribution in [2.45, 2.75) is 18.3 Å². The van der Waals surface area contributed by atoms with Crippen LogP contribution in [0.1, 0.15) is 29.4 Å². The number of rotatable bonds is 2. The zero-order valence-corrected chi connectivity index (χ0v) is 10.9. The lowest BCUT2D eigenvalue weighted by Gasteiger charge is -2.32. The third kappa shape index (κ3) is 2.20. The number of hydrogen-bond donors (Lipinski definition) is 1. The maximum Gasteiger partial charge on any atom is 0.126 e. The first-order valence-corrected chi connectivity index (χ1v) is 7.28. The Morgan fingerprint density at radius 2 is 2.06 bits per heavy atom. The maximum absolute atomic E-state index is 14.0. The second-order valence-corrected chi connectivity index (χ2v) is 5.56. The molecule has 0 bridgehead atoms. The highest BCUT2D eigenvalue weighted by Crippen LogP contribution is 2.38. The summed E-state index contributed by atoms with van der Waals surface area (Å²) < 4.78 is 14.0. The van der Waals surface area contributed by atoms with Gasteiger partial charge in [0.15, 0.2) is 0 Å². The highest BCUT2D eigenvalue weighted by molar-refractivity contribution is 7.07. The predicted molar refractivity (Wildman–Crippen MR) is 73.7 cm³/mol. The summed E-state index contributed by atoms with van der Waals surface area (Å²) in [5, 5.41) is 7.69. The lowest BCUT2D eigenvalue weighted by Crippen LogP contribution is -2.34. The van der Waals surface area contributed by atoms with E-state index in [0.717, 1.165) is 25.1 Å². The normalized spacial score (nSPS) is 24.1. The van der Waals surface area contributed by atoms with Crippen LogP contribution in [0.3, 0.4) is 0 Å². The molecule has 1 aliphatic heterocycles. The van der Waals surface area contributed by atoms with Crippen LogP contribution in [0.2, 0.25) is 0 Å². The van der Waals surface area contributed by atoms with Crippen molar-refractivity contribution in [1.82, 2.24) is 5.32 Å². The van der Waals surface area contributed by atoms with Gasteiger partial charge in [-0.25, -0.2) is 4.39 Å². The Morgan fingerprint density at radius 3 is 2.83 bits per heavy atom. The van der Waals surface area contributed by atoms with Crippen LogP contribution < -0.4 is 5.32 Å². The Bertz CT molecular complexity index is 509. The third-order valence-electron chi connectivity index (χ3n) is 3.76. The summed E-state index contributed by atoms with van der Waals surface area (Å²) in [6, 6.07) is 9.35. The highest BCUT2D eigenvalue weighted by Gasteiger charge is 2.29. The van der Waals surface area contributed by atoms with Crippen molar-refractivity contribution in [3.05, 3.63) is 58.0 Å². The molecule has 3 rings (SSSR count). The topological polar surface area (TPSA) is 12.0 Å². The van der Waals surface area contributed by atoms with Crippen LogP contribution in [0.4, 0.5) is 4.39 Å². The van der Waals surface area contributed by atoms with Gasteiger partial charge >= 0.3 is 0 Å². The molecular weight excluding hydrogens is 245 g/mol. The zero-order valence-electron chi connectivity index (χ0n) is 10.1. The number of thiophene rings is 1. The van der Waals surface area contributed by atoms with E-state index < -0.39 is 0 Å². The molecule has 94 valence electrons. The quantitative estimate of drug-likeness (QED) is 0.868. The Labute approximate surface area is 111 Å². The van der Waals surface area contributed by atoms with E-state index in [1.807, 2.05) is 12.1 Å². The molecule has 0 saturated carbocycles. The van der Waals surface area contributed by atoms with Crippen molar-refractivity contribution in [3.63, 3.8) is 0 Å². The molecule has 2 atom stereocenters. The highest BCUT2D eigenvalue weighted by atomic mass is 32.1.